The number of halogens is 2. The Balaban J connectivity index is 1.99. The molecule has 0 aliphatic rings. The first-order valence-electron chi connectivity index (χ1n) is 6.19. The van der Waals surface area contributed by atoms with Crippen LogP contribution in [0.3, 0.4) is 0 Å². The van der Waals surface area contributed by atoms with Gasteiger partial charge in [0.25, 0.3) is 0 Å². The fourth-order valence-electron chi connectivity index (χ4n) is 1.69. The first kappa shape index (κ1) is 16.0. The molecule has 6 heteroatoms. The third kappa shape index (κ3) is 4.56. The summed E-state index contributed by atoms with van der Waals surface area (Å²) in [6, 6.07) is 10.6. The highest BCUT2D eigenvalue weighted by atomic mass is 35.5. The number of thioether (sulfide) groups is 1. The van der Waals surface area contributed by atoms with E-state index in [9.17, 15) is 4.79 Å². The summed E-state index contributed by atoms with van der Waals surface area (Å²) in [5, 5.41) is 4.01. The van der Waals surface area contributed by atoms with Crippen LogP contribution < -0.4 is 11.1 Å². The van der Waals surface area contributed by atoms with Crippen molar-refractivity contribution in [1.82, 2.24) is 0 Å². The Hall–Kier alpha value is -1.36. The van der Waals surface area contributed by atoms with E-state index >= 15 is 0 Å². The molecule has 0 spiro atoms. The van der Waals surface area contributed by atoms with E-state index in [0.717, 1.165) is 10.5 Å². The number of rotatable bonds is 4. The normalized spacial score (nSPS) is 10.4. The molecule has 0 fully saturated rings. The SMILES string of the molecule is Cc1ccc(Cl)cc1NC(=O)CSc1cc(N)ccc1Cl. The maximum absolute atomic E-state index is 12.0. The van der Waals surface area contributed by atoms with Gasteiger partial charge >= 0.3 is 0 Å². The van der Waals surface area contributed by atoms with Crippen molar-refractivity contribution in [1.29, 1.82) is 0 Å². The van der Waals surface area contributed by atoms with E-state index in [0.29, 0.717) is 21.4 Å². The van der Waals surface area contributed by atoms with Crippen LogP contribution in [0.4, 0.5) is 11.4 Å². The van der Waals surface area contributed by atoms with Crippen LogP contribution in [0.2, 0.25) is 10.0 Å². The van der Waals surface area contributed by atoms with Crippen LogP contribution >= 0.6 is 35.0 Å². The predicted molar refractivity (Wildman–Crippen MR) is 91.4 cm³/mol. The molecular weight excluding hydrogens is 327 g/mol. The molecule has 0 radical (unpaired) electrons. The topological polar surface area (TPSA) is 55.1 Å². The molecule has 2 rings (SSSR count). The number of anilines is 2. The largest absolute Gasteiger partial charge is 0.399 e. The summed E-state index contributed by atoms with van der Waals surface area (Å²) < 4.78 is 0. The van der Waals surface area contributed by atoms with Gasteiger partial charge in [-0.25, -0.2) is 0 Å². The second-order valence-electron chi connectivity index (χ2n) is 4.49. The van der Waals surface area contributed by atoms with Gasteiger partial charge in [0, 0.05) is 21.3 Å². The van der Waals surface area contributed by atoms with Crippen molar-refractivity contribution in [2.75, 3.05) is 16.8 Å². The van der Waals surface area contributed by atoms with Crippen molar-refractivity contribution in [2.45, 2.75) is 11.8 Å². The maximum atomic E-state index is 12.0. The van der Waals surface area contributed by atoms with Crippen LogP contribution in [0.1, 0.15) is 5.56 Å². The second kappa shape index (κ2) is 7.07. The number of carbonyl (C=O) groups excluding carboxylic acids is 1. The number of hydrogen-bond donors (Lipinski definition) is 2. The molecule has 0 aliphatic heterocycles. The van der Waals surface area contributed by atoms with Crippen molar-refractivity contribution in [3.8, 4) is 0 Å². The van der Waals surface area contributed by atoms with Gasteiger partial charge in [-0.1, -0.05) is 29.3 Å². The monoisotopic (exact) mass is 340 g/mol. The van der Waals surface area contributed by atoms with Crippen LogP contribution in [0, 0.1) is 6.92 Å². The highest BCUT2D eigenvalue weighted by Gasteiger charge is 2.08. The van der Waals surface area contributed by atoms with Gasteiger partial charge in [0.2, 0.25) is 5.91 Å². The standard InChI is InChI=1S/C15H14Cl2N2OS/c1-9-2-3-10(16)6-13(9)19-15(20)8-21-14-7-11(18)4-5-12(14)17/h2-7H,8,18H2,1H3,(H,19,20). The van der Waals surface area contributed by atoms with Gasteiger partial charge in [-0.15, -0.1) is 11.8 Å². The molecule has 1 amide bonds. The minimum Gasteiger partial charge on any atom is -0.399 e. The van der Waals surface area contributed by atoms with Crippen LogP contribution in [0.25, 0.3) is 0 Å². The Morgan fingerprint density at radius 3 is 2.76 bits per heavy atom. The van der Waals surface area contributed by atoms with Gasteiger partial charge in [0.05, 0.1) is 10.8 Å². The van der Waals surface area contributed by atoms with Gasteiger partial charge in [-0.3, -0.25) is 4.79 Å². The Labute approximate surface area is 137 Å². The average molecular weight is 341 g/mol. The van der Waals surface area contributed by atoms with Gasteiger partial charge < -0.3 is 11.1 Å². The zero-order valence-electron chi connectivity index (χ0n) is 11.3. The van der Waals surface area contributed by atoms with Crippen molar-refractivity contribution in [2.24, 2.45) is 0 Å². The molecule has 0 bridgehead atoms. The van der Waals surface area contributed by atoms with Crippen LogP contribution in [0.5, 0.6) is 0 Å². The summed E-state index contributed by atoms with van der Waals surface area (Å²) in [4.78, 5) is 12.8. The second-order valence-corrected chi connectivity index (χ2v) is 6.35. The van der Waals surface area contributed by atoms with Gasteiger partial charge in [0.15, 0.2) is 0 Å². The zero-order chi connectivity index (χ0) is 15.4. The zero-order valence-corrected chi connectivity index (χ0v) is 13.6. The summed E-state index contributed by atoms with van der Waals surface area (Å²) >= 11 is 13.3. The van der Waals surface area contributed by atoms with Gasteiger partial charge in [-0.05, 0) is 42.8 Å². The Morgan fingerprint density at radius 1 is 1.24 bits per heavy atom. The molecule has 3 N–H and O–H groups in total. The number of aryl methyl sites for hydroxylation is 1. The average Bonchev–Trinajstić information content (AvgIpc) is 2.44. The third-order valence-electron chi connectivity index (χ3n) is 2.79. The summed E-state index contributed by atoms with van der Waals surface area (Å²) in [6.45, 7) is 1.91. The quantitative estimate of drug-likeness (QED) is 0.630. The summed E-state index contributed by atoms with van der Waals surface area (Å²) in [7, 11) is 0. The van der Waals surface area contributed by atoms with E-state index < -0.39 is 0 Å². The molecule has 3 nitrogen and oxygen atoms in total. The molecule has 2 aromatic carbocycles. The third-order valence-corrected chi connectivity index (χ3v) is 4.52. The van der Waals surface area contributed by atoms with Gasteiger partial charge in [0.1, 0.15) is 0 Å². The smallest absolute Gasteiger partial charge is 0.234 e. The number of nitrogens with two attached hydrogens (primary N) is 1. The number of hydrogen-bond acceptors (Lipinski definition) is 3. The minimum absolute atomic E-state index is 0.121. The lowest BCUT2D eigenvalue weighted by Crippen LogP contribution is -2.14. The van der Waals surface area contributed by atoms with E-state index in [2.05, 4.69) is 5.32 Å². The lowest BCUT2D eigenvalue weighted by molar-refractivity contribution is -0.113. The van der Waals surface area contributed by atoms with E-state index in [1.54, 1.807) is 30.3 Å². The fourth-order valence-corrected chi connectivity index (χ4v) is 2.93. The molecule has 0 aromatic heterocycles. The molecular formula is C15H14Cl2N2OS. The predicted octanol–water partition coefficient (Wildman–Crippen LogP) is 4.61. The van der Waals surface area contributed by atoms with Crippen molar-refractivity contribution >= 4 is 52.2 Å². The van der Waals surface area contributed by atoms with Gasteiger partial charge in [-0.2, -0.15) is 0 Å². The maximum Gasteiger partial charge on any atom is 0.234 e. The highest BCUT2D eigenvalue weighted by Crippen LogP contribution is 2.29. The summed E-state index contributed by atoms with van der Waals surface area (Å²) in [6.07, 6.45) is 0. The number of nitrogens with one attached hydrogen (secondary N) is 1. The highest BCUT2D eigenvalue weighted by molar-refractivity contribution is 8.00. The fraction of sp³-hybridized carbons (Fsp3) is 0.133. The van der Waals surface area contributed by atoms with Crippen LogP contribution in [-0.2, 0) is 4.79 Å². The number of amides is 1. The minimum atomic E-state index is -0.121. The van der Waals surface area contributed by atoms with Crippen molar-refractivity contribution in [3.63, 3.8) is 0 Å². The molecule has 0 atom stereocenters. The molecule has 0 aliphatic carbocycles. The van der Waals surface area contributed by atoms with E-state index in [-0.39, 0.29) is 11.7 Å². The molecule has 110 valence electrons. The molecule has 2 aromatic rings. The number of carbonyl (C=O) groups is 1. The van der Waals surface area contributed by atoms with E-state index in [1.807, 2.05) is 13.0 Å². The van der Waals surface area contributed by atoms with Crippen molar-refractivity contribution < 1.29 is 4.79 Å². The summed E-state index contributed by atoms with van der Waals surface area (Å²) in [5.74, 6) is 0.124. The van der Waals surface area contributed by atoms with Crippen LogP contribution in [-0.4, -0.2) is 11.7 Å². The lowest BCUT2D eigenvalue weighted by atomic mass is 10.2. The summed E-state index contributed by atoms with van der Waals surface area (Å²) in [5.41, 5.74) is 8.00. The Bertz CT molecular complexity index is 677. The first-order chi connectivity index (χ1) is 9.95. The Kier molecular flexibility index (Phi) is 5.39. The molecule has 0 unspecified atom stereocenters. The molecule has 0 saturated carbocycles. The van der Waals surface area contributed by atoms with Crippen LogP contribution in [0.15, 0.2) is 41.3 Å². The number of benzene rings is 2. The Morgan fingerprint density at radius 2 is 2.00 bits per heavy atom. The lowest BCUT2D eigenvalue weighted by Gasteiger charge is -2.09. The molecule has 21 heavy (non-hydrogen) atoms. The first-order valence-corrected chi connectivity index (χ1v) is 7.93. The van der Waals surface area contributed by atoms with E-state index in [4.69, 9.17) is 28.9 Å². The molecule has 0 heterocycles. The van der Waals surface area contributed by atoms with E-state index in [1.165, 1.54) is 11.8 Å². The molecule has 0 saturated heterocycles. The number of nitrogen functional groups attached to an aromatic ring is 1. The van der Waals surface area contributed by atoms with Crippen molar-refractivity contribution in [3.05, 3.63) is 52.0 Å².